The zero-order valence-corrected chi connectivity index (χ0v) is 72.3. The Hall–Kier alpha value is -2.70. The Labute approximate surface area is 647 Å². The average Bonchev–Trinajstić information content (AvgIpc) is 1.20. The Bertz CT molecular complexity index is 3230. The van der Waals surface area contributed by atoms with Gasteiger partial charge in [-0.3, -0.25) is 0 Å². The van der Waals surface area contributed by atoms with Crippen molar-refractivity contribution in [1.29, 1.82) is 0 Å². The van der Waals surface area contributed by atoms with E-state index in [-0.39, 0.29) is 40.1 Å². The SMILES string of the molecule is CCCCCCCCCCCCC(CCCCCCCCCC)CCCCn1c(=O)c(-c2ccc(C)[se]2)cc2c1cc(-c1ccc(-c3sc(/C=C/c4cc(CCCCCC)c(C)s4)cc3CCCCCC)[se]1)c(=O)n2CCCCC(CCCCCCCCCC)CCCCCCCCCCCC. The fourth-order valence-corrected chi connectivity index (χ4v) is 22.6. The predicted molar refractivity (Wildman–Crippen MR) is 461 cm³/mol. The molecule has 0 bridgehead atoms. The van der Waals surface area contributed by atoms with Crippen LogP contribution >= 0.6 is 22.7 Å². The Balaban J connectivity index is 1.32. The molecule has 0 saturated carbocycles. The molecule has 0 amide bonds. The van der Waals surface area contributed by atoms with E-state index in [4.69, 9.17) is 0 Å². The van der Waals surface area contributed by atoms with Gasteiger partial charge in [0.25, 0.3) is 0 Å². The fraction of sp³-hybridized carbons (Fsp3) is 0.723. The van der Waals surface area contributed by atoms with Gasteiger partial charge in [0, 0.05) is 0 Å². The molecule has 0 spiro atoms. The number of nitrogens with zero attached hydrogens (tertiary/aromatic N) is 2. The van der Waals surface area contributed by atoms with Gasteiger partial charge in [-0.15, -0.1) is 0 Å². The van der Waals surface area contributed by atoms with Crippen molar-refractivity contribution in [2.75, 3.05) is 0 Å². The zero-order valence-electron chi connectivity index (χ0n) is 67.3. The van der Waals surface area contributed by atoms with E-state index in [9.17, 15) is 0 Å². The summed E-state index contributed by atoms with van der Waals surface area (Å²) in [4.78, 5) is 37.1. The van der Waals surface area contributed by atoms with Gasteiger partial charge in [-0.1, -0.05) is 227 Å². The van der Waals surface area contributed by atoms with Crippen LogP contribution in [-0.2, 0) is 25.9 Å². The number of hydrogen-bond donors (Lipinski definition) is 0. The summed E-state index contributed by atoms with van der Waals surface area (Å²) in [7, 11) is 0. The van der Waals surface area contributed by atoms with Crippen LogP contribution < -0.4 is 11.1 Å². The number of unbranched alkanes of at least 4 members (excludes halogenated alkanes) is 40. The summed E-state index contributed by atoms with van der Waals surface area (Å²) < 4.78 is 9.47. The molecule has 6 rings (SSSR count). The van der Waals surface area contributed by atoms with E-state index >= 15 is 9.59 Å². The molecule has 0 fully saturated rings. The first-order chi connectivity index (χ1) is 50.1. The molecule has 574 valence electrons. The normalized spacial score (nSPS) is 12.6. The van der Waals surface area contributed by atoms with Gasteiger partial charge in [0.2, 0.25) is 0 Å². The van der Waals surface area contributed by atoms with Crippen molar-refractivity contribution in [1.82, 2.24) is 9.13 Å². The molecule has 2 atom stereocenters. The zero-order chi connectivity index (χ0) is 72.5. The van der Waals surface area contributed by atoms with Crippen LogP contribution in [0.4, 0.5) is 0 Å². The van der Waals surface area contributed by atoms with Gasteiger partial charge in [0.05, 0.1) is 0 Å². The second-order valence-corrected chi connectivity index (χ2v) is 39.1. The molecule has 0 aromatic carbocycles. The van der Waals surface area contributed by atoms with E-state index in [1.165, 1.54) is 376 Å². The molecule has 0 aliphatic rings. The van der Waals surface area contributed by atoms with Crippen molar-refractivity contribution < 1.29 is 0 Å². The van der Waals surface area contributed by atoms with E-state index in [1.54, 1.807) is 0 Å². The van der Waals surface area contributed by atoms with Gasteiger partial charge in [0.15, 0.2) is 0 Å². The van der Waals surface area contributed by atoms with Crippen LogP contribution in [0.3, 0.4) is 0 Å². The molecule has 8 heteroatoms. The molecule has 6 heterocycles. The van der Waals surface area contributed by atoms with Crippen LogP contribution in [0.5, 0.6) is 0 Å². The summed E-state index contributed by atoms with van der Waals surface area (Å²) in [6, 6.07) is 18.5. The second-order valence-electron chi connectivity index (χ2n) is 31.8. The summed E-state index contributed by atoms with van der Waals surface area (Å²) >= 11 is 3.94. The van der Waals surface area contributed by atoms with Crippen molar-refractivity contribution in [2.24, 2.45) is 11.8 Å². The first-order valence-electron chi connectivity index (χ1n) is 44.0. The monoisotopic (exact) mass is 1560 g/mol. The topological polar surface area (TPSA) is 44.0 Å². The van der Waals surface area contributed by atoms with Gasteiger partial charge in [-0.25, -0.2) is 0 Å². The molecule has 0 N–H and O–H groups in total. The van der Waals surface area contributed by atoms with Crippen LogP contribution in [0.2, 0.25) is 0 Å². The van der Waals surface area contributed by atoms with E-state index in [2.05, 4.69) is 125 Å². The van der Waals surface area contributed by atoms with Gasteiger partial charge >= 0.3 is 425 Å². The van der Waals surface area contributed by atoms with Crippen molar-refractivity contribution in [3.63, 3.8) is 0 Å². The van der Waals surface area contributed by atoms with Gasteiger partial charge < -0.3 is 0 Å². The second kappa shape index (κ2) is 55.7. The Morgan fingerprint density at radius 3 is 1.01 bits per heavy atom. The number of pyridine rings is 2. The molecule has 2 unspecified atom stereocenters. The maximum absolute atomic E-state index is 16.0. The quantitative estimate of drug-likeness (QED) is 0.0282. The Morgan fingerprint density at radius 1 is 0.333 bits per heavy atom. The summed E-state index contributed by atoms with van der Waals surface area (Å²) in [5.41, 5.74) is 6.88. The third-order valence-electron chi connectivity index (χ3n) is 22.7. The number of thiophene rings is 2. The van der Waals surface area contributed by atoms with Crippen LogP contribution in [0.15, 0.2) is 58.1 Å². The average molecular weight is 1560 g/mol. The number of aryl methyl sites for hydroxylation is 6. The third kappa shape index (κ3) is 34.3. The molecule has 0 radical (unpaired) electrons. The van der Waals surface area contributed by atoms with Crippen molar-refractivity contribution in [2.45, 2.75) is 428 Å². The van der Waals surface area contributed by atoms with Gasteiger partial charge in [-0.2, -0.15) is 0 Å². The van der Waals surface area contributed by atoms with Crippen LogP contribution in [-0.4, -0.2) is 38.1 Å². The first-order valence-corrected chi connectivity index (χ1v) is 49.1. The molecule has 6 aromatic rings. The molecular weight excluding hydrogens is 1410 g/mol. The van der Waals surface area contributed by atoms with Crippen LogP contribution in [0, 0.1) is 25.7 Å². The van der Waals surface area contributed by atoms with E-state index < -0.39 is 0 Å². The minimum Gasteiger partial charge on any atom is -0.0654 e. The van der Waals surface area contributed by atoms with Crippen molar-refractivity contribution in [3.05, 3.63) is 99.4 Å². The molecule has 4 nitrogen and oxygen atoms in total. The van der Waals surface area contributed by atoms with Gasteiger partial charge in [0.1, 0.15) is 0 Å². The Kier molecular flexibility index (Phi) is 48.1. The van der Waals surface area contributed by atoms with E-state index in [0.717, 1.165) is 66.1 Å². The van der Waals surface area contributed by atoms with E-state index in [1.807, 2.05) is 22.7 Å². The maximum atomic E-state index is 16.0. The van der Waals surface area contributed by atoms with E-state index in [0.29, 0.717) is 13.1 Å². The summed E-state index contributed by atoms with van der Waals surface area (Å²) in [6.07, 6.45) is 79.2. The minimum absolute atomic E-state index is 0.0622. The summed E-state index contributed by atoms with van der Waals surface area (Å²) in [5, 5.41) is 0. The first kappa shape index (κ1) is 88.2. The summed E-state index contributed by atoms with van der Waals surface area (Å²) in [5.74, 6) is 1.52. The molecular formula is C94H152N2O2S2Se2. The summed E-state index contributed by atoms with van der Waals surface area (Å²) in [6.45, 7) is 19.8. The molecule has 102 heavy (non-hydrogen) atoms. The van der Waals surface area contributed by atoms with Gasteiger partial charge in [-0.05, 0) is 0 Å². The predicted octanol–water partition coefficient (Wildman–Crippen LogP) is 30.7. The molecule has 0 aliphatic carbocycles. The third-order valence-corrected chi connectivity index (χ3v) is 29.8. The Morgan fingerprint density at radius 2 is 0.637 bits per heavy atom. The van der Waals surface area contributed by atoms with Crippen LogP contribution in [0.1, 0.15) is 418 Å². The number of hydrogen-bond acceptors (Lipinski definition) is 4. The van der Waals surface area contributed by atoms with Crippen LogP contribution in [0.25, 0.3) is 52.5 Å². The van der Waals surface area contributed by atoms with Crippen molar-refractivity contribution >= 4 is 74.9 Å². The molecule has 0 aliphatic heterocycles. The number of aromatic nitrogens is 2. The number of fused-ring (bicyclic) bond motifs is 1. The minimum atomic E-state index is -0.0622. The van der Waals surface area contributed by atoms with Crippen molar-refractivity contribution in [3.8, 4) is 29.3 Å². The standard InChI is InChI=1S/C94H152N2O2S2Se2/c1-9-15-21-27-31-35-37-41-45-49-59-79(57-47-43-39-33-29-23-17-11-3)61-53-55-71-95-88-76-86(90-69-70-91(102-90)92-82(64-52-26-20-14-6)74-84(100-92)67-66-83-73-81(78(8)99-83)63-51-25-19-13-5)94(98)96(87(88)75-85(93(95)97)89-68-65-77(7)101-89)72-56-54-62-80(58-48-44-40-34-30-24-18-12-4)60-50-46-42-38-36-32-28-22-16-10-2/h65-70,73-76,79-80H,9-64,71-72H2,1-8H3/b67-66+. The molecule has 6 aromatic heterocycles. The molecule has 0 saturated heterocycles. The number of rotatable bonds is 65. The smallest absolute Gasteiger partial charge is 0.0654 e. The fourth-order valence-electron chi connectivity index (χ4n) is 16.2.